The lowest BCUT2D eigenvalue weighted by Crippen LogP contribution is -2.10. The molecule has 1 aromatic heterocycles. The van der Waals surface area contributed by atoms with Gasteiger partial charge in [-0.25, -0.2) is 9.97 Å². The molecule has 5 heteroatoms. The average Bonchev–Trinajstić information content (AvgIpc) is 2.53. The Bertz CT molecular complexity index is 643. The van der Waals surface area contributed by atoms with Crippen molar-refractivity contribution in [1.29, 1.82) is 0 Å². The van der Waals surface area contributed by atoms with E-state index in [2.05, 4.69) is 16.9 Å². The Morgan fingerprint density at radius 3 is 2.82 bits per heavy atom. The molecule has 1 unspecified atom stereocenters. The molecule has 1 heterocycles. The van der Waals surface area contributed by atoms with E-state index in [1.54, 1.807) is 25.3 Å². The molecule has 1 N–H and O–H groups in total. The highest BCUT2D eigenvalue weighted by Gasteiger charge is 2.18. The van der Waals surface area contributed by atoms with Gasteiger partial charge < -0.3 is 9.84 Å². The van der Waals surface area contributed by atoms with Gasteiger partial charge in [0.05, 0.1) is 11.6 Å². The van der Waals surface area contributed by atoms with Gasteiger partial charge in [0.2, 0.25) is 0 Å². The molecule has 116 valence electrons. The summed E-state index contributed by atoms with van der Waals surface area (Å²) < 4.78 is 5.77. The third-order valence-corrected chi connectivity index (χ3v) is 3.37. The highest BCUT2D eigenvalue weighted by atomic mass is 16.5. The van der Waals surface area contributed by atoms with Gasteiger partial charge in [-0.1, -0.05) is 25.1 Å². The van der Waals surface area contributed by atoms with Crippen molar-refractivity contribution in [3.05, 3.63) is 53.6 Å². The van der Waals surface area contributed by atoms with Crippen LogP contribution < -0.4 is 4.74 Å². The van der Waals surface area contributed by atoms with Gasteiger partial charge in [-0.05, 0) is 25.5 Å². The van der Waals surface area contributed by atoms with Crippen molar-refractivity contribution in [2.75, 3.05) is 0 Å². The molecule has 2 aromatic rings. The number of benzene rings is 1. The molecule has 0 aliphatic heterocycles. The van der Waals surface area contributed by atoms with E-state index in [4.69, 9.17) is 9.84 Å². The number of carbonyl (C=O) groups is 1. The van der Waals surface area contributed by atoms with Crippen LogP contribution in [0.5, 0.6) is 5.75 Å². The first kappa shape index (κ1) is 15.9. The summed E-state index contributed by atoms with van der Waals surface area (Å²) >= 11 is 0. The van der Waals surface area contributed by atoms with Gasteiger partial charge in [-0.2, -0.15) is 0 Å². The van der Waals surface area contributed by atoms with Crippen LogP contribution in [-0.2, 0) is 17.8 Å². The first-order valence-electron chi connectivity index (χ1n) is 7.37. The molecule has 5 nitrogen and oxygen atoms in total. The topological polar surface area (TPSA) is 72.3 Å². The Balaban J connectivity index is 2.12. The average molecular weight is 300 g/mol. The van der Waals surface area contributed by atoms with Gasteiger partial charge in [0.15, 0.2) is 0 Å². The minimum atomic E-state index is -0.872. The summed E-state index contributed by atoms with van der Waals surface area (Å²) in [6.45, 7) is 4.02. The minimum Gasteiger partial charge on any atom is -0.487 e. The van der Waals surface area contributed by atoms with Crippen LogP contribution in [0, 0.1) is 0 Å². The Hall–Kier alpha value is -2.43. The van der Waals surface area contributed by atoms with Crippen molar-refractivity contribution in [2.24, 2.45) is 0 Å². The van der Waals surface area contributed by atoms with Gasteiger partial charge in [-0.15, -0.1) is 0 Å². The molecule has 0 amide bonds. The second-order valence-corrected chi connectivity index (χ2v) is 5.10. The Morgan fingerprint density at radius 2 is 2.09 bits per heavy atom. The highest BCUT2D eigenvalue weighted by molar-refractivity contribution is 5.76. The highest BCUT2D eigenvalue weighted by Crippen LogP contribution is 2.27. The van der Waals surface area contributed by atoms with Gasteiger partial charge >= 0.3 is 5.97 Å². The molecule has 0 saturated heterocycles. The van der Waals surface area contributed by atoms with Crippen molar-refractivity contribution in [3.8, 4) is 5.75 Å². The fourth-order valence-electron chi connectivity index (χ4n) is 2.12. The summed E-state index contributed by atoms with van der Waals surface area (Å²) in [7, 11) is 0. The number of aliphatic carboxylic acids is 1. The van der Waals surface area contributed by atoms with Crippen molar-refractivity contribution in [1.82, 2.24) is 9.97 Å². The van der Waals surface area contributed by atoms with Crippen LogP contribution >= 0.6 is 0 Å². The van der Waals surface area contributed by atoms with Crippen LogP contribution in [0.4, 0.5) is 0 Å². The number of carboxylic acids is 1. The zero-order valence-corrected chi connectivity index (χ0v) is 12.8. The summed E-state index contributed by atoms with van der Waals surface area (Å²) in [6.07, 6.45) is 3.55. The van der Waals surface area contributed by atoms with Crippen LogP contribution in [0.2, 0.25) is 0 Å². The first-order chi connectivity index (χ1) is 10.6. The van der Waals surface area contributed by atoms with Crippen LogP contribution in [0.15, 0.2) is 36.5 Å². The molecule has 0 radical (unpaired) electrons. The zero-order chi connectivity index (χ0) is 15.9. The Labute approximate surface area is 130 Å². The SMILES string of the molecule is CCCc1nccc(COc2ccccc2C(C)C(=O)O)n1. The standard InChI is InChI=1S/C17H20N2O3/c1-3-6-16-18-10-9-13(19-16)11-22-15-8-5-4-7-14(15)12(2)17(20)21/h4-5,7-10,12H,3,6,11H2,1-2H3,(H,20,21). The minimum absolute atomic E-state index is 0.294. The van der Waals surface area contributed by atoms with Gasteiger partial charge in [0, 0.05) is 18.2 Å². The molecule has 22 heavy (non-hydrogen) atoms. The number of para-hydroxylation sites is 1. The second kappa shape index (κ2) is 7.54. The third-order valence-electron chi connectivity index (χ3n) is 3.37. The van der Waals surface area contributed by atoms with E-state index < -0.39 is 11.9 Å². The van der Waals surface area contributed by atoms with E-state index in [0.29, 0.717) is 17.9 Å². The predicted molar refractivity (Wildman–Crippen MR) is 82.9 cm³/mol. The number of ether oxygens (including phenoxy) is 1. The van der Waals surface area contributed by atoms with Gasteiger partial charge in [-0.3, -0.25) is 4.79 Å². The van der Waals surface area contributed by atoms with E-state index in [1.807, 2.05) is 18.2 Å². The van der Waals surface area contributed by atoms with Crippen LogP contribution in [0.3, 0.4) is 0 Å². The van der Waals surface area contributed by atoms with Crippen molar-refractivity contribution >= 4 is 5.97 Å². The van der Waals surface area contributed by atoms with E-state index in [1.165, 1.54) is 0 Å². The maximum atomic E-state index is 11.2. The second-order valence-electron chi connectivity index (χ2n) is 5.10. The lowest BCUT2D eigenvalue weighted by Gasteiger charge is -2.14. The summed E-state index contributed by atoms with van der Waals surface area (Å²) in [6, 6.07) is 9.00. The summed E-state index contributed by atoms with van der Waals surface area (Å²) in [5.74, 6) is -0.107. The van der Waals surface area contributed by atoms with Crippen LogP contribution in [0.1, 0.15) is 43.3 Å². The Morgan fingerprint density at radius 1 is 1.32 bits per heavy atom. The number of nitrogens with zero attached hydrogens (tertiary/aromatic N) is 2. The molecule has 1 atom stereocenters. The van der Waals surface area contributed by atoms with Crippen LogP contribution in [0.25, 0.3) is 0 Å². The molecule has 2 rings (SSSR count). The molecule has 0 fully saturated rings. The summed E-state index contributed by atoms with van der Waals surface area (Å²) in [4.78, 5) is 19.8. The molecule has 1 aromatic carbocycles. The van der Waals surface area contributed by atoms with Gasteiger partial charge in [0.1, 0.15) is 18.2 Å². The Kier molecular flexibility index (Phi) is 5.47. The number of hydrogen-bond acceptors (Lipinski definition) is 4. The number of aryl methyl sites for hydroxylation is 1. The molecule has 0 aliphatic carbocycles. The molecular formula is C17H20N2O3. The number of rotatable bonds is 7. The quantitative estimate of drug-likeness (QED) is 0.850. The monoisotopic (exact) mass is 300 g/mol. The normalized spacial score (nSPS) is 11.9. The summed E-state index contributed by atoms with van der Waals surface area (Å²) in [5.41, 5.74) is 1.45. The fraction of sp³-hybridized carbons (Fsp3) is 0.353. The lowest BCUT2D eigenvalue weighted by atomic mass is 10.0. The largest absolute Gasteiger partial charge is 0.487 e. The first-order valence-corrected chi connectivity index (χ1v) is 7.37. The molecular weight excluding hydrogens is 280 g/mol. The number of hydrogen-bond donors (Lipinski definition) is 1. The summed E-state index contributed by atoms with van der Waals surface area (Å²) in [5, 5.41) is 9.16. The maximum Gasteiger partial charge on any atom is 0.310 e. The van der Waals surface area contributed by atoms with E-state index >= 15 is 0 Å². The van der Waals surface area contributed by atoms with Gasteiger partial charge in [0.25, 0.3) is 0 Å². The number of carboxylic acid groups (broad SMARTS) is 1. The van der Waals surface area contributed by atoms with Crippen molar-refractivity contribution < 1.29 is 14.6 Å². The molecule has 0 spiro atoms. The lowest BCUT2D eigenvalue weighted by molar-refractivity contribution is -0.138. The van der Waals surface area contributed by atoms with Crippen molar-refractivity contribution in [2.45, 2.75) is 39.2 Å². The third kappa shape index (κ3) is 4.04. The predicted octanol–water partition coefficient (Wildman–Crippen LogP) is 3.20. The smallest absolute Gasteiger partial charge is 0.310 e. The van der Waals surface area contributed by atoms with E-state index in [-0.39, 0.29) is 0 Å². The molecule has 0 aliphatic rings. The zero-order valence-electron chi connectivity index (χ0n) is 12.8. The van der Waals surface area contributed by atoms with Crippen LogP contribution in [-0.4, -0.2) is 21.0 Å². The molecule has 0 bridgehead atoms. The number of aromatic nitrogens is 2. The molecule has 0 saturated carbocycles. The van der Waals surface area contributed by atoms with E-state index in [9.17, 15) is 4.79 Å². The fourth-order valence-corrected chi connectivity index (χ4v) is 2.12. The maximum absolute atomic E-state index is 11.2. The van der Waals surface area contributed by atoms with E-state index in [0.717, 1.165) is 24.4 Å². The van der Waals surface area contributed by atoms with Crippen molar-refractivity contribution in [3.63, 3.8) is 0 Å².